The molecule has 0 saturated heterocycles. The normalized spacial score (nSPS) is 23.3. The van der Waals surface area contributed by atoms with Gasteiger partial charge in [0, 0.05) is 18.0 Å². The highest BCUT2D eigenvalue weighted by Gasteiger charge is 2.22. The van der Waals surface area contributed by atoms with Crippen LogP contribution in [0.1, 0.15) is 46.5 Å². The van der Waals surface area contributed by atoms with Crippen molar-refractivity contribution in [2.75, 3.05) is 13.1 Å². The molecule has 1 aliphatic carbocycles. The molecule has 6 nitrogen and oxygen atoms in total. The van der Waals surface area contributed by atoms with Gasteiger partial charge in [-0.3, -0.25) is 0 Å². The quantitative estimate of drug-likeness (QED) is 0.479. The second-order valence-corrected chi connectivity index (χ2v) is 6.18. The molecule has 1 amide bonds. The lowest BCUT2D eigenvalue weighted by molar-refractivity contribution is 0.0513. The van der Waals surface area contributed by atoms with Gasteiger partial charge in [0.15, 0.2) is 0 Å². The number of nitrogens with zero attached hydrogens (tertiary/aromatic N) is 3. The van der Waals surface area contributed by atoms with Crippen LogP contribution < -0.4 is 5.32 Å². The van der Waals surface area contributed by atoms with Crippen LogP contribution in [0, 0.1) is 11.8 Å². The summed E-state index contributed by atoms with van der Waals surface area (Å²) in [4.78, 5) is 14.3. The summed E-state index contributed by atoms with van der Waals surface area (Å²) in [6.07, 6.45) is 3.94. The van der Waals surface area contributed by atoms with E-state index in [-0.39, 0.29) is 6.09 Å². The minimum atomic E-state index is -0.447. The van der Waals surface area contributed by atoms with E-state index in [1.54, 1.807) is 0 Å². The van der Waals surface area contributed by atoms with Gasteiger partial charge in [0.1, 0.15) is 5.60 Å². The van der Waals surface area contributed by atoms with E-state index in [0.717, 1.165) is 25.7 Å². The number of carbonyl (C=O) groups excluding carboxylic acids is 1. The van der Waals surface area contributed by atoms with Crippen LogP contribution in [0.3, 0.4) is 0 Å². The predicted octanol–water partition coefficient (Wildman–Crippen LogP) is 3.63. The first kappa shape index (κ1) is 15.6. The maximum Gasteiger partial charge on any atom is 0.407 e. The molecular formula is C13H24N4O2. The van der Waals surface area contributed by atoms with Gasteiger partial charge >= 0.3 is 6.09 Å². The van der Waals surface area contributed by atoms with Crippen molar-refractivity contribution >= 4 is 6.09 Å². The van der Waals surface area contributed by atoms with Gasteiger partial charge in [-0.05, 0) is 63.8 Å². The first-order chi connectivity index (χ1) is 8.90. The molecule has 0 unspecified atom stereocenters. The van der Waals surface area contributed by atoms with Gasteiger partial charge in [-0.2, -0.15) is 0 Å². The van der Waals surface area contributed by atoms with E-state index in [0.29, 0.717) is 24.9 Å². The van der Waals surface area contributed by atoms with E-state index >= 15 is 0 Å². The van der Waals surface area contributed by atoms with Crippen molar-refractivity contribution in [3.63, 3.8) is 0 Å². The molecule has 0 aromatic rings. The number of rotatable bonds is 4. The van der Waals surface area contributed by atoms with Gasteiger partial charge in [-0.25, -0.2) is 4.79 Å². The zero-order chi connectivity index (χ0) is 14.3. The second-order valence-electron chi connectivity index (χ2n) is 6.18. The molecule has 0 aromatic carbocycles. The summed E-state index contributed by atoms with van der Waals surface area (Å²) in [5.41, 5.74) is 7.84. The molecular weight excluding hydrogens is 244 g/mol. The molecule has 0 aliphatic heterocycles. The molecule has 0 heterocycles. The maximum absolute atomic E-state index is 11.5. The van der Waals surface area contributed by atoms with Crippen LogP contribution in [0.2, 0.25) is 0 Å². The highest BCUT2D eigenvalue weighted by atomic mass is 16.6. The fourth-order valence-electron chi connectivity index (χ4n) is 2.31. The smallest absolute Gasteiger partial charge is 0.407 e. The molecule has 1 fully saturated rings. The van der Waals surface area contributed by atoms with Crippen LogP contribution in [0.25, 0.3) is 10.4 Å². The number of nitrogens with one attached hydrogen (secondary N) is 1. The van der Waals surface area contributed by atoms with E-state index in [1.807, 2.05) is 20.8 Å². The summed E-state index contributed by atoms with van der Waals surface area (Å²) >= 11 is 0. The van der Waals surface area contributed by atoms with E-state index in [4.69, 9.17) is 10.3 Å². The Morgan fingerprint density at radius 1 is 1.32 bits per heavy atom. The first-order valence-electron chi connectivity index (χ1n) is 6.88. The lowest BCUT2D eigenvalue weighted by atomic mass is 9.82. The zero-order valence-electron chi connectivity index (χ0n) is 12.1. The molecule has 1 aliphatic rings. The van der Waals surface area contributed by atoms with Crippen LogP contribution in [0.4, 0.5) is 4.79 Å². The lowest BCUT2D eigenvalue weighted by Crippen LogP contribution is -2.36. The van der Waals surface area contributed by atoms with Gasteiger partial charge in [-0.1, -0.05) is 5.11 Å². The highest BCUT2D eigenvalue weighted by Crippen LogP contribution is 2.28. The Morgan fingerprint density at radius 2 is 1.89 bits per heavy atom. The highest BCUT2D eigenvalue weighted by molar-refractivity contribution is 5.67. The molecule has 108 valence electrons. The van der Waals surface area contributed by atoms with Gasteiger partial charge in [0.05, 0.1) is 0 Å². The van der Waals surface area contributed by atoms with Crippen molar-refractivity contribution in [1.29, 1.82) is 0 Å². The SMILES string of the molecule is CC(C)(C)OC(=O)NC[C@H]1CC[C@H](CN=[N+]=[N-])CC1. The third kappa shape index (κ3) is 6.91. The summed E-state index contributed by atoms with van der Waals surface area (Å²) in [6.45, 7) is 6.83. The van der Waals surface area contributed by atoms with Gasteiger partial charge < -0.3 is 10.1 Å². The fourth-order valence-corrected chi connectivity index (χ4v) is 2.31. The molecule has 19 heavy (non-hydrogen) atoms. The van der Waals surface area contributed by atoms with Crippen LogP contribution in [0.5, 0.6) is 0 Å². The number of alkyl carbamates (subject to hydrolysis) is 1. The van der Waals surface area contributed by atoms with Gasteiger partial charge in [0.25, 0.3) is 0 Å². The van der Waals surface area contributed by atoms with Crippen LogP contribution in [-0.2, 0) is 4.74 Å². The number of hydrogen-bond acceptors (Lipinski definition) is 3. The summed E-state index contributed by atoms with van der Waals surface area (Å²) in [7, 11) is 0. The largest absolute Gasteiger partial charge is 0.444 e. The third-order valence-electron chi connectivity index (χ3n) is 3.30. The lowest BCUT2D eigenvalue weighted by Gasteiger charge is -2.28. The zero-order valence-corrected chi connectivity index (χ0v) is 12.1. The predicted molar refractivity (Wildman–Crippen MR) is 73.7 cm³/mol. The van der Waals surface area contributed by atoms with E-state index in [9.17, 15) is 4.79 Å². The molecule has 1 N–H and O–H groups in total. The molecule has 0 bridgehead atoms. The van der Waals surface area contributed by atoms with Gasteiger partial charge in [0.2, 0.25) is 0 Å². The number of carbonyl (C=O) groups is 1. The molecule has 1 rings (SSSR count). The Labute approximate surface area is 114 Å². The molecule has 0 atom stereocenters. The summed E-state index contributed by atoms with van der Waals surface area (Å²) < 4.78 is 5.20. The summed E-state index contributed by atoms with van der Waals surface area (Å²) in [5, 5.41) is 6.45. The number of azide groups is 1. The Bertz CT molecular complexity index is 337. The molecule has 0 spiro atoms. The molecule has 6 heteroatoms. The van der Waals surface area contributed by atoms with Crippen molar-refractivity contribution in [2.24, 2.45) is 17.0 Å². The van der Waals surface area contributed by atoms with E-state index in [1.165, 1.54) is 0 Å². The molecule has 0 radical (unpaired) electrons. The Balaban J connectivity index is 2.19. The fraction of sp³-hybridized carbons (Fsp3) is 0.923. The van der Waals surface area contributed by atoms with Crippen molar-refractivity contribution in [3.8, 4) is 0 Å². The first-order valence-corrected chi connectivity index (χ1v) is 6.88. The second kappa shape index (κ2) is 7.24. The Hall–Kier alpha value is -1.42. The van der Waals surface area contributed by atoms with Crippen LogP contribution in [0.15, 0.2) is 5.11 Å². The standard InChI is InChI=1S/C13H24N4O2/c1-13(2,3)19-12(18)15-8-10-4-6-11(7-5-10)9-16-17-14/h10-11H,4-9H2,1-3H3,(H,15,18)/t10-,11-. The van der Waals surface area contributed by atoms with Crippen molar-refractivity contribution in [1.82, 2.24) is 5.32 Å². The van der Waals surface area contributed by atoms with Crippen molar-refractivity contribution in [3.05, 3.63) is 10.4 Å². The number of amides is 1. The van der Waals surface area contributed by atoms with Crippen molar-refractivity contribution in [2.45, 2.75) is 52.1 Å². The van der Waals surface area contributed by atoms with Gasteiger partial charge in [-0.15, -0.1) is 0 Å². The minimum absolute atomic E-state index is 0.344. The van der Waals surface area contributed by atoms with Crippen molar-refractivity contribution < 1.29 is 9.53 Å². The minimum Gasteiger partial charge on any atom is -0.444 e. The molecule has 0 aromatic heterocycles. The number of ether oxygens (including phenoxy) is 1. The van der Waals surface area contributed by atoms with E-state index < -0.39 is 5.60 Å². The van der Waals surface area contributed by atoms with Crippen LogP contribution in [-0.4, -0.2) is 24.8 Å². The monoisotopic (exact) mass is 268 g/mol. The van der Waals surface area contributed by atoms with E-state index in [2.05, 4.69) is 15.3 Å². The maximum atomic E-state index is 11.5. The average Bonchev–Trinajstić information content (AvgIpc) is 2.33. The Kier molecular flexibility index (Phi) is 5.96. The van der Waals surface area contributed by atoms with Crippen LogP contribution >= 0.6 is 0 Å². The average molecular weight is 268 g/mol. The topological polar surface area (TPSA) is 87.1 Å². The number of hydrogen-bond donors (Lipinski definition) is 1. The Morgan fingerprint density at radius 3 is 2.42 bits per heavy atom. The third-order valence-corrected chi connectivity index (χ3v) is 3.30. The summed E-state index contributed by atoms with van der Waals surface area (Å²) in [5.74, 6) is 1.02. The summed E-state index contributed by atoms with van der Waals surface area (Å²) in [6, 6.07) is 0. The molecule has 1 saturated carbocycles.